The second-order valence-corrected chi connectivity index (χ2v) is 8.74. The lowest BCUT2D eigenvalue weighted by atomic mass is 10.0. The Balaban J connectivity index is 1.87. The normalized spacial score (nSPS) is 17.8. The fourth-order valence-electron chi connectivity index (χ4n) is 3.97. The molecule has 1 aliphatic rings. The standard InChI is InChI=1S/C21H22ClN5O2S/c1-4-21(7-8-30-3)26-19(28)17-12(2)9-16(20(29)27(17)21)25-18-14-10-13(22)5-6-15(14)23-11-24-18/h5-6,9-11H,4,7-8H2,1-3H3,(H,26,28)(H,23,24,25). The maximum atomic E-state index is 13.5. The molecule has 1 unspecified atom stereocenters. The minimum absolute atomic E-state index is 0.210. The van der Waals surface area contributed by atoms with Gasteiger partial charge in [0, 0.05) is 10.4 Å². The van der Waals surface area contributed by atoms with E-state index in [0.717, 1.165) is 16.8 Å². The molecular weight excluding hydrogens is 422 g/mol. The predicted molar refractivity (Wildman–Crippen MR) is 122 cm³/mol. The molecule has 0 saturated heterocycles. The lowest BCUT2D eigenvalue weighted by molar-refractivity contribution is 0.0911. The van der Waals surface area contributed by atoms with Crippen LogP contribution < -0.4 is 16.2 Å². The Morgan fingerprint density at radius 2 is 2.07 bits per heavy atom. The number of aromatic nitrogens is 3. The molecule has 7 nitrogen and oxygen atoms in total. The van der Waals surface area contributed by atoms with E-state index in [1.165, 1.54) is 6.33 Å². The molecule has 1 atom stereocenters. The lowest BCUT2D eigenvalue weighted by Crippen LogP contribution is -2.47. The number of fused-ring (bicyclic) bond motifs is 2. The molecule has 0 bridgehead atoms. The Morgan fingerprint density at radius 1 is 1.27 bits per heavy atom. The minimum atomic E-state index is -0.730. The summed E-state index contributed by atoms with van der Waals surface area (Å²) in [7, 11) is 0. The zero-order chi connectivity index (χ0) is 21.5. The van der Waals surface area contributed by atoms with Crippen molar-refractivity contribution in [1.29, 1.82) is 0 Å². The van der Waals surface area contributed by atoms with Crippen LogP contribution in [-0.2, 0) is 5.66 Å². The second kappa shape index (κ2) is 7.92. The third-order valence-corrected chi connectivity index (χ3v) is 6.38. The maximum Gasteiger partial charge on any atom is 0.276 e. The summed E-state index contributed by atoms with van der Waals surface area (Å²) < 4.78 is 1.62. The van der Waals surface area contributed by atoms with E-state index in [0.29, 0.717) is 40.4 Å². The number of nitrogens with zero attached hydrogens (tertiary/aromatic N) is 3. The van der Waals surface area contributed by atoms with Gasteiger partial charge in [0.25, 0.3) is 11.5 Å². The molecule has 9 heteroatoms. The van der Waals surface area contributed by atoms with Crippen molar-refractivity contribution in [3.05, 3.63) is 57.2 Å². The van der Waals surface area contributed by atoms with Crippen molar-refractivity contribution in [2.24, 2.45) is 0 Å². The molecule has 0 aliphatic carbocycles. The molecule has 0 radical (unpaired) electrons. The first-order chi connectivity index (χ1) is 14.4. The van der Waals surface area contributed by atoms with E-state index in [4.69, 9.17) is 11.6 Å². The highest BCUT2D eigenvalue weighted by Gasteiger charge is 2.43. The van der Waals surface area contributed by atoms with Gasteiger partial charge >= 0.3 is 0 Å². The molecular formula is C21H22ClN5O2S. The molecule has 156 valence electrons. The van der Waals surface area contributed by atoms with Gasteiger partial charge in [-0.05, 0) is 61.6 Å². The van der Waals surface area contributed by atoms with Crippen molar-refractivity contribution < 1.29 is 4.79 Å². The number of aryl methyl sites for hydroxylation is 1. The number of amides is 1. The average molecular weight is 444 g/mol. The number of nitrogens with one attached hydrogen (secondary N) is 2. The third-order valence-electron chi connectivity index (χ3n) is 5.54. The molecule has 3 aromatic rings. The number of thioether (sulfide) groups is 1. The summed E-state index contributed by atoms with van der Waals surface area (Å²) in [5.74, 6) is 1.10. The van der Waals surface area contributed by atoms with Crippen LogP contribution >= 0.6 is 23.4 Å². The zero-order valence-electron chi connectivity index (χ0n) is 17.0. The number of benzene rings is 1. The minimum Gasteiger partial charge on any atom is -0.335 e. The molecule has 0 fully saturated rings. The van der Waals surface area contributed by atoms with Crippen molar-refractivity contribution in [2.75, 3.05) is 17.3 Å². The number of carbonyl (C=O) groups excluding carboxylic acids is 1. The fraction of sp³-hybridized carbons (Fsp3) is 0.333. The van der Waals surface area contributed by atoms with Crippen LogP contribution in [0.1, 0.15) is 35.8 Å². The highest BCUT2D eigenvalue weighted by atomic mass is 35.5. The van der Waals surface area contributed by atoms with Crippen LogP contribution in [0.5, 0.6) is 0 Å². The van der Waals surface area contributed by atoms with Gasteiger partial charge in [0.05, 0.1) is 5.52 Å². The summed E-state index contributed by atoms with van der Waals surface area (Å²) in [6.45, 7) is 3.82. The van der Waals surface area contributed by atoms with E-state index in [2.05, 4.69) is 20.6 Å². The van der Waals surface area contributed by atoms with Crippen LogP contribution in [-0.4, -0.2) is 32.5 Å². The Bertz CT molecular complexity index is 1210. The molecule has 2 N–H and O–H groups in total. The smallest absolute Gasteiger partial charge is 0.276 e. The number of halogens is 1. The highest BCUT2D eigenvalue weighted by Crippen LogP contribution is 2.32. The first kappa shape index (κ1) is 20.7. The number of carbonyl (C=O) groups is 1. The number of rotatable bonds is 6. The lowest BCUT2D eigenvalue weighted by Gasteiger charge is -2.30. The van der Waals surface area contributed by atoms with Crippen LogP contribution in [0.25, 0.3) is 10.9 Å². The van der Waals surface area contributed by atoms with E-state index in [9.17, 15) is 9.59 Å². The maximum absolute atomic E-state index is 13.5. The zero-order valence-corrected chi connectivity index (χ0v) is 18.5. The summed E-state index contributed by atoms with van der Waals surface area (Å²) in [5, 5.41) is 7.49. The third kappa shape index (κ3) is 3.33. The Morgan fingerprint density at radius 3 is 2.80 bits per heavy atom. The monoisotopic (exact) mass is 443 g/mol. The topological polar surface area (TPSA) is 88.9 Å². The van der Waals surface area contributed by atoms with Gasteiger partial charge in [-0.2, -0.15) is 11.8 Å². The molecule has 0 spiro atoms. The van der Waals surface area contributed by atoms with Gasteiger partial charge in [-0.15, -0.1) is 0 Å². The van der Waals surface area contributed by atoms with Gasteiger partial charge in [-0.1, -0.05) is 18.5 Å². The Labute approximate surface area is 183 Å². The van der Waals surface area contributed by atoms with Crippen molar-refractivity contribution >= 4 is 51.7 Å². The highest BCUT2D eigenvalue weighted by molar-refractivity contribution is 7.98. The van der Waals surface area contributed by atoms with Gasteiger partial charge in [0.2, 0.25) is 0 Å². The van der Waals surface area contributed by atoms with Gasteiger partial charge in [-0.25, -0.2) is 9.97 Å². The van der Waals surface area contributed by atoms with Crippen LogP contribution in [0.4, 0.5) is 11.5 Å². The van der Waals surface area contributed by atoms with Crippen molar-refractivity contribution in [1.82, 2.24) is 19.9 Å². The van der Waals surface area contributed by atoms with Gasteiger partial charge in [-0.3, -0.25) is 14.2 Å². The predicted octanol–water partition coefficient (Wildman–Crippen LogP) is 4.06. The molecule has 2 aromatic heterocycles. The molecule has 1 amide bonds. The van der Waals surface area contributed by atoms with E-state index in [-0.39, 0.29) is 11.5 Å². The number of anilines is 2. The summed E-state index contributed by atoms with van der Waals surface area (Å²) in [5.41, 5.74) is 1.23. The number of hydrogen-bond donors (Lipinski definition) is 2. The SMILES string of the molecule is CCC1(CCSC)NC(=O)c2c(C)cc(Nc3ncnc4ccc(Cl)cc34)c(=O)n21. The van der Waals surface area contributed by atoms with Crippen molar-refractivity contribution in [3.63, 3.8) is 0 Å². The fourth-order valence-corrected chi connectivity index (χ4v) is 4.69. The summed E-state index contributed by atoms with van der Waals surface area (Å²) >= 11 is 7.84. The summed E-state index contributed by atoms with van der Waals surface area (Å²) in [4.78, 5) is 34.8. The molecule has 1 aromatic carbocycles. The second-order valence-electron chi connectivity index (χ2n) is 7.32. The first-order valence-electron chi connectivity index (χ1n) is 9.66. The molecule has 4 rings (SSSR count). The Kier molecular flexibility index (Phi) is 5.46. The van der Waals surface area contributed by atoms with Crippen LogP contribution in [0, 0.1) is 6.92 Å². The molecule has 3 heterocycles. The molecule has 0 saturated carbocycles. The van der Waals surface area contributed by atoms with Crippen LogP contribution in [0.2, 0.25) is 5.02 Å². The van der Waals surface area contributed by atoms with Gasteiger partial charge in [0.1, 0.15) is 29.2 Å². The van der Waals surface area contributed by atoms with E-state index in [1.54, 1.807) is 40.6 Å². The first-order valence-corrected chi connectivity index (χ1v) is 11.4. The van der Waals surface area contributed by atoms with E-state index >= 15 is 0 Å². The van der Waals surface area contributed by atoms with E-state index < -0.39 is 5.66 Å². The molecule has 1 aliphatic heterocycles. The Hall–Kier alpha value is -2.58. The largest absolute Gasteiger partial charge is 0.335 e. The van der Waals surface area contributed by atoms with Crippen LogP contribution in [0.15, 0.2) is 35.4 Å². The van der Waals surface area contributed by atoms with E-state index in [1.807, 2.05) is 20.1 Å². The van der Waals surface area contributed by atoms with Crippen LogP contribution in [0.3, 0.4) is 0 Å². The average Bonchev–Trinajstić information content (AvgIpc) is 3.04. The van der Waals surface area contributed by atoms with Crippen molar-refractivity contribution in [2.45, 2.75) is 32.4 Å². The number of pyridine rings is 1. The number of hydrogen-bond acceptors (Lipinski definition) is 6. The van der Waals surface area contributed by atoms with Crippen molar-refractivity contribution in [3.8, 4) is 0 Å². The van der Waals surface area contributed by atoms with Gasteiger partial charge in [0.15, 0.2) is 0 Å². The summed E-state index contributed by atoms with van der Waals surface area (Å²) in [6.07, 6.45) is 4.73. The van der Waals surface area contributed by atoms with Gasteiger partial charge < -0.3 is 10.6 Å². The summed E-state index contributed by atoms with van der Waals surface area (Å²) in [6, 6.07) is 7.02. The molecule has 30 heavy (non-hydrogen) atoms. The quantitative estimate of drug-likeness (QED) is 0.597.